The van der Waals surface area contributed by atoms with E-state index in [0.29, 0.717) is 0 Å². The second-order valence-electron chi connectivity index (χ2n) is 26.3. The molecule has 0 fully saturated rings. The SMILES string of the molecule is Cc1cc(C)c(N2B([S-])N(c3c(C)cc(C)cc3C)[P+](c3ccccc3)(c3ccccc3)N=P2(c2ccccc2)c2ccccc2)c(C)c1.Cc1cc(C)c(N2B([S-])N(c3c(C)cc(C)cc3C)[P+](c3ccccc3)(c3ccccc3)N=P2(c2ccccc2)c2ccccc2)c(C)c1. The Kier molecular flexibility index (Phi) is 19.8. The summed E-state index contributed by atoms with van der Waals surface area (Å²) >= 11 is 14.3. The molecule has 12 aromatic carbocycles. The van der Waals surface area contributed by atoms with Gasteiger partial charge in [-0.3, -0.25) is 9.16 Å². The minimum atomic E-state index is -2.84. The topological polar surface area (TPSA) is 37.7 Å². The zero-order chi connectivity index (χ0) is 68.7. The molecular formula is C84H84B2N6P4S2. The molecule has 0 amide bonds. The summed E-state index contributed by atoms with van der Waals surface area (Å²) in [5.41, 5.74) is 19.3. The standard InChI is InChI=1S/2C42H42BN3P2S/c2*1-31-27-33(3)41(34(4)28-31)45-43(49)46(42-35(5)29-32(2)30-36(42)6)48(39-23-15-9-16-24-39,40-25-17-10-18-26-40)44-47(45,37-19-11-7-12-20-37)38-21-13-8-14-22-38/h2*7-30H,1-6H3. The van der Waals surface area contributed by atoms with Crippen LogP contribution in [0.5, 0.6) is 0 Å². The Morgan fingerprint density at radius 3 is 0.622 bits per heavy atom. The second-order valence-corrected chi connectivity index (χ2v) is 39.2. The van der Waals surface area contributed by atoms with Gasteiger partial charge in [-0.05, 0) is 176 Å². The van der Waals surface area contributed by atoms with Crippen molar-refractivity contribution in [2.24, 2.45) is 9.03 Å². The molecule has 0 unspecified atom stereocenters. The summed E-state index contributed by atoms with van der Waals surface area (Å²) in [6.45, 7) is 26.6. The van der Waals surface area contributed by atoms with Crippen LogP contribution in [0, 0.1) is 83.1 Å². The Hall–Kier alpha value is -8.01. The van der Waals surface area contributed by atoms with E-state index in [0.717, 1.165) is 0 Å². The molecule has 0 saturated carbocycles. The average molecular weight is 1390 g/mol. The lowest BCUT2D eigenvalue weighted by atomic mass is 9.97. The number of anilines is 4. The number of hydrogen-bond donors (Lipinski definition) is 0. The Bertz CT molecular complexity index is 4410. The number of benzene rings is 12. The highest BCUT2D eigenvalue weighted by molar-refractivity contribution is 8.09. The van der Waals surface area contributed by atoms with Crippen LogP contribution in [0.3, 0.4) is 0 Å². The zero-order valence-corrected chi connectivity index (χ0v) is 63.4. The molecule has 0 aromatic heterocycles. The molecule has 2 aliphatic heterocycles. The first-order valence-corrected chi connectivity index (χ1v) is 41.4. The Morgan fingerprint density at radius 2 is 0.429 bits per heavy atom. The van der Waals surface area contributed by atoms with Gasteiger partial charge < -0.3 is 34.1 Å². The van der Waals surface area contributed by atoms with E-state index in [1.165, 1.54) is 132 Å². The monoisotopic (exact) mass is 1390 g/mol. The minimum Gasteiger partial charge on any atom is -0.773 e. The zero-order valence-electron chi connectivity index (χ0n) is 58.2. The first-order valence-electron chi connectivity index (χ1n) is 33.7. The molecule has 0 atom stereocenters. The maximum absolute atomic E-state index is 7.15. The summed E-state index contributed by atoms with van der Waals surface area (Å²) in [4.78, 5) is 0. The van der Waals surface area contributed by atoms with Crippen LogP contribution in [0.25, 0.3) is 0 Å². The third-order valence-corrected chi connectivity index (χ3v) is 36.9. The van der Waals surface area contributed by atoms with Crippen LogP contribution >= 0.6 is 29.5 Å². The van der Waals surface area contributed by atoms with E-state index < -0.39 is 42.1 Å². The summed E-state index contributed by atoms with van der Waals surface area (Å²) in [6.07, 6.45) is -0.972. The fraction of sp³-hybridized carbons (Fsp3) is 0.143. The van der Waals surface area contributed by atoms with Gasteiger partial charge in [0, 0.05) is 32.6 Å². The molecule has 0 saturated heterocycles. The predicted molar refractivity (Wildman–Crippen MR) is 440 cm³/mol. The van der Waals surface area contributed by atoms with Crippen molar-refractivity contribution in [1.82, 2.24) is 0 Å². The van der Waals surface area contributed by atoms with Gasteiger partial charge in [0.25, 0.3) is 27.6 Å². The van der Waals surface area contributed by atoms with Crippen LogP contribution in [0.15, 0.2) is 300 Å². The highest BCUT2D eigenvalue weighted by Crippen LogP contribution is 2.78. The molecule has 14 heteroatoms. The van der Waals surface area contributed by atoms with Crippen molar-refractivity contribution >= 4 is 132 Å². The molecule has 0 N–H and O–H groups in total. The van der Waals surface area contributed by atoms with Gasteiger partial charge in [0.15, 0.2) is 0 Å². The fourth-order valence-electron chi connectivity index (χ4n) is 15.6. The van der Waals surface area contributed by atoms with Gasteiger partial charge in [0.05, 0.1) is 11.4 Å². The van der Waals surface area contributed by atoms with Gasteiger partial charge in [-0.15, -0.1) is 0 Å². The van der Waals surface area contributed by atoms with E-state index in [2.05, 4.69) is 393 Å². The quantitative estimate of drug-likeness (QED) is 0.0689. The molecule has 0 radical (unpaired) electrons. The van der Waals surface area contributed by atoms with Crippen LogP contribution in [-0.2, 0) is 25.0 Å². The van der Waals surface area contributed by atoms with Crippen LogP contribution in [-0.4, -0.2) is 12.5 Å². The molecular weight excluding hydrogens is 1300 g/mol. The van der Waals surface area contributed by atoms with E-state index in [9.17, 15) is 0 Å². The predicted octanol–water partition coefficient (Wildman–Crippen LogP) is 19.3. The third kappa shape index (κ3) is 12.0. The van der Waals surface area contributed by atoms with Gasteiger partial charge in [0.2, 0.25) is 0 Å². The van der Waals surface area contributed by atoms with Crippen molar-refractivity contribution in [2.75, 3.05) is 18.3 Å². The Balaban J connectivity index is 0.000000176. The molecule has 6 nitrogen and oxygen atoms in total. The van der Waals surface area contributed by atoms with E-state index in [-0.39, 0.29) is 0 Å². The third-order valence-electron chi connectivity index (χ3n) is 19.0. The van der Waals surface area contributed by atoms with Crippen LogP contribution in [0.2, 0.25) is 0 Å². The maximum Gasteiger partial charge on any atom is 0.277 e. The molecule has 12 aromatic rings. The Morgan fingerprint density at radius 1 is 0.255 bits per heavy atom. The summed E-state index contributed by atoms with van der Waals surface area (Å²) in [5.74, 6) is 0. The van der Waals surface area contributed by atoms with Gasteiger partial charge in [-0.1, -0.05) is 274 Å². The molecule has 0 bridgehead atoms. The molecule has 2 heterocycles. The molecule has 0 aliphatic carbocycles. The lowest BCUT2D eigenvalue weighted by molar-refractivity contribution is 1.26. The highest BCUT2D eigenvalue weighted by Gasteiger charge is 2.63. The summed E-state index contributed by atoms with van der Waals surface area (Å²) in [7, 11) is -11.4. The summed E-state index contributed by atoms with van der Waals surface area (Å²) in [5, 5.41) is 9.58. The summed E-state index contributed by atoms with van der Waals surface area (Å²) < 4.78 is 23.5. The number of hydrogen-bond acceptors (Lipinski definition) is 8. The van der Waals surface area contributed by atoms with Crippen LogP contribution in [0.4, 0.5) is 22.7 Å². The van der Waals surface area contributed by atoms with Crippen LogP contribution < -0.4 is 60.8 Å². The second kappa shape index (κ2) is 28.3. The van der Waals surface area contributed by atoms with Crippen molar-refractivity contribution < 1.29 is 0 Å². The molecule has 14 rings (SSSR count). The molecule has 488 valence electrons. The molecule has 98 heavy (non-hydrogen) atoms. The van der Waals surface area contributed by atoms with Gasteiger partial charge in [0.1, 0.15) is 35.6 Å². The lowest BCUT2D eigenvalue weighted by Gasteiger charge is -2.56. The summed E-state index contributed by atoms with van der Waals surface area (Å²) in [6, 6.07) is 106. The maximum atomic E-state index is 7.15. The first kappa shape index (κ1) is 68.5. The Labute approximate surface area is 596 Å². The van der Waals surface area contributed by atoms with Gasteiger partial charge in [-0.25, -0.2) is 0 Å². The smallest absolute Gasteiger partial charge is 0.277 e. The van der Waals surface area contributed by atoms with Crippen molar-refractivity contribution in [3.63, 3.8) is 0 Å². The number of aryl methyl sites for hydroxylation is 12. The van der Waals surface area contributed by atoms with E-state index in [1.807, 2.05) is 0 Å². The van der Waals surface area contributed by atoms with E-state index in [4.69, 9.17) is 34.0 Å². The number of rotatable bonds is 12. The van der Waals surface area contributed by atoms with Crippen molar-refractivity contribution in [2.45, 2.75) is 83.1 Å². The number of nitrogens with zero attached hydrogens (tertiary/aromatic N) is 6. The van der Waals surface area contributed by atoms with Crippen molar-refractivity contribution in [3.05, 3.63) is 358 Å². The fourth-order valence-corrected chi connectivity index (χ4v) is 37.3. The van der Waals surface area contributed by atoms with E-state index in [1.54, 1.807) is 0 Å². The van der Waals surface area contributed by atoms with Gasteiger partial charge >= 0.3 is 0 Å². The van der Waals surface area contributed by atoms with Crippen molar-refractivity contribution in [3.8, 4) is 0 Å². The molecule has 0 spiro atoms. The normalized spacial score (nSPS) is 15.2. The first-order chi connectivity index (χ1) is 47.4. The van der Waals surface area contributed by atoms with Crippen molar-refractivity contribution in [1.29, 1.82) is 0 Å². The van der Waals surface area contributed by atoms with E-state index >= 15 is 0 Å². The minimum absolute atomic E-state index is 0.486. The lowest BCUT2D eigenvalue weighted by Crippen LogP contribution is -2.59. The van der Waals surface area contributed by atoms with Gasteiger partial charge in [-0.2, -0.15) is 0 Å². The molecule has 2 aliphatic rings. The average Bonchev–Trinajstić information content (AvgIpc) is 0.689. The van der Waals surface area contributed by atoms with Crippen LogP contribution in [0.1, 0.15) is 66.8 Å². The highest BCUT2D eigenvalue weighted by atomic mass is 32.1. The largest absolute Gasteiger partial charge is 0.773 e.